The lowest BCUT2D eigenvalue weighted by molar-refractivity contribution is -0.119. The van der Waals surface area contributed by atoms with Gasteiger partial charge in [-0.25, -0.2) is 4.99 Å². The SMILES string of the molecule is CCCNC(N)=NCC(=O)NCc1ccc(OC)cc1.I. The highest BCUT2D eigenvalue weighted by atomic mass is 127. The van der Waals surface area contributed by atoms with Crippen molar-refractivity contribution in [3.05, 3.63) is 29.8 Å². The first-order valence-corrected chi connectivity index (χ1v) is 6.59. The molecule has 0 radical (unpaired) electrons. The van der Waals surface area contributed by atoms with Crippen LogP contribution in [0.25, 0.3) is 0 Å². The highest BCUT2D eigenvalue weighted by Crippen LogP contribution is 2.10. The van der Waals surface area contributed by atoms with Crippen molar-refractivity contribution in [1.29, 1.82) is 0 Å². The molecule has 0 bridgehead atoms. The first-order chi connectivity index (χ1) is 9.65. The topological polar surface area (TPSA) is 88.7 Å². The van der Waals surface area contributed by atoms with Crippen LogP contribution in [0.3, 0.4) is 0 Å². The number of carbonyl (C=O) groups excluding carboxylic acids is 1. The molecular weight excluding hydrogens is 383 g/mol. The predicted molar refractivity (Wildman–Crippen MR) is 95.0 cm³/mol. The third-order valence-corrected chi connectivity index (χ3v) is 2.60. The molecule has 7 heteroatoms. The lowest BCUT2D eigenvalue weighted by atomic mass is 10.2. The van der Waals surface area contributed by atoms with Crippen molar-refractivity contribution in [2.75, 3.05) is 20.2 Å². The first kappa shape index (κ1) is 19.5. The summed E-state index contributed by atoms with van der Waals surface area (Å²) in [5, 5.41) is 5.69. The Kier molecular flexibility index (Phi) is 10.4. The number of rotatable bonds is 7. The minimum atomic E-state index is -0.165. The number of aliphatic imine (C=N–C) groups is 1. The van der Waals surface area contributed by atoms with Gasteiger partial charge in [0.05, 0.1) is 7.11 Å². The van der Waals surface area contributed by atoms with Gasteiger partial charge in [-0.3, -0.25) is 4.79 Å². The monoisotopic (exact) mass is 406 g/mol. The fourth-order valence-electron chi connectivity index (χ4n) is 1.47. The normalized spacial score (nSPS) is 10.5. The highest BCUT2D eigenvalue weighted by Gasteiger charge is 2.01. The van der Waals surface area contributed by atoms with Crippen LogP contribution in [0.4, 0.5) is 0 Å². The Morgan fingerprint density at radius 2 is 1.95 bits per heavy atom. The maximum atomic E-state index is 11.6. The number of nitrogens with one attached hydrogen (secondary N) is 2. The van der Waals surface area contributed by atoms with E-state index in [1.54, 1.807) is 7.11 Å². The lowest BCUT2D eigenvalue weighted by Crippen LogP contribution is -2.34. The fourth-order valence-corrected chi connectivity index (χ4v) is 1.47. The van der Waals surface area contributed by atoms with E-state index in [1.165, 1.54) is 0 Å². The van der Waals surface area contributed by atoms with Crippen molar-refractivity contribution in [3.8, 4) is 5.75 Å². The second kappa shape index (κ2) is 11.2. The molecule has 6 nitrogen and oxygen atoms in total. The lowest BCUT2D eigenvalue weighted by Gasteiger charge is -2.06. The van der Waals surface area contributed by atoms with Crippen LogP contribution < -0.4 is 21.1 Å². The number of ether oxygens (including phenoxy) is 1. The summed E-state index contributed by atoms with van der Waals surface area (Å²) < 4.78 is 5.07. The van der Waals surface area contributed by atoms with E-state index in [-0.39, 0.29) is 36.4 Å². The van der Waals surface area contributed by atoms with Crippen molar-refractivity contribution in [2.45, 2.75) is 19.9 Å². The van der Waals surface area contributed by atoms with E-state index in [0.717, 1.165) is 24.3 Å². The molecular formula is C14H23IN4O2. The molecule has 0 saturated heterocycles. The van der Waals surface area contributed by atoms with Crippen LogP contribution in [-0.2, 0) is 11.3 Å². The van der Waals surface area contributed by atoms with Gasteiger partial charge in [-0.05, 0) is 24.1 Å². The Labute approximate surface area is 142 Å². The number of methoxy groups -OCH3 is 1. The average molecular weight is 406 g/mol. The van der Waals surface area contributed by atoms with Gasteiger partial charge in [-0.15, -0.1) is 24.0 Å². The van der Waals surface area contributed by atoms with Crippen molar-refractivity contribution in [1.82, 2.24) is 10.6 Å². The molecule has 0 aliphatic heterocycles. The Bertz CT molecular complexity index is 449. The largest absolute Gasteiger partial charge is 0.497 e. The summed E-state index contributed by atoms with van der Waals surface area (Å²) in [6.07, 6.45) is 0.958. The van der Waals surface area contributed by atoms with E-state index in [9.17, 15) is 4.79 Å². The Morgan fingerprint density at radius 1 is 1.29 bits per heavy atom. The van der Waals surface area contributed by atoms with E-state index in [1.807, 2.05) is 31.2 Å². The third-order valence-electron chi connectivity index (χ3n) is 2.60. The fraction of sp³-hybridized carbons (Fsp3) is 0.429. The Morgan fingerprint density at radius 3 is 2.52 bits per heavy atom. The molecule has 0 saturated carbocycles. The number of guanidine groups is 1. The summed E-state index contributed by atoms with van der Waals surface area (Å²) >= 11 is 0. The molecule has 0 heterocycles. The number of nitrogens with zero attached hydrogens (tertiary/aromatic N) is 1. The second-order valence-corrected chi connectivity index (χ2v) is 4.25. The summed E-state index contributed by atoms with van der Waals surface area (Å²) in [4.78, 5) is 15.5. The van der Waals surface area contributed by atoms with E-state index < -0.39 is 0 Å². The van der Waals surface area contributed by atoms with Gasteiger partial charge >= 0.3 is 0 Å². The summed E-state index contributed by atoms with van der Waals surface area (Å²) in [5.41, 5.74) is 6.59. The van der Waals surface area contributed by atoms with Crippen LogP contribution in [-0.4, -0.2) is 32.1 Å². The molecule has 21 heavy (non-hydrogen) atoms. The van der Waals surface area contributed by atoms with Gasteiger partial charge in [0.1, 0.15) is 12.3 Å². The zero-order valence-electron chi connectivity index (χ0n) is 12.4. The highest BCUT2D eigenvalue weighted by molar-refractivity contribution is 14.0. The quantitative estimate of drug-likeness (QED) is 0.361. The average Bonchev–Trinajstić information content (AvgIpc) is 2.49. The van der Waals surface area contributed by atoms with Crippen molar-refractivity contribution in [2.24, 2.45) is 10.7 Å². The van der Waals surface area contributed by atoms with E-state index in [0.29, 0.717) is 12.5 Å². The summed E-state index contributed by atoms with van der Waals surface area (Å²) in [7, 11) is 1.62. The molecule has 0 aromatic heterocycles. The minimum Gasteiger partial charge on any atom is -0.497 e. The van der Waals surface area contributed by atoms with Crippen molar-refractivity contribution < 1.29 is 9.53 Å². The molecule has 1 amide bonds. The molecule has 0 aliphatic rings. The van der Waals surface area contributed by atoms with Gasteiger partial charge < -0.3 is 21.1 Å². The smallest absolute Gasteiger partial charge is 0.242 e. The third kappa shape index (κ3) is 8.38. The summed E-state index contributed by atoms with van der Waals surface area (Å²) in [6.45, 7) is 3.27. The maximum Gasteiger partial charge on any atom is 0.242 e. The number of amides is 1. The van der Waals surface area contributed by atoms with Gasteiger partial charge in [0.2, 0.25) is 5.91 Å². The standard InChI is InChI=1S/C14H22N4O2.HI/c1-3-8-16-14(15)18-10-13(19)17-9-11-4-6-12(20-2)7-5-11;/h4-7H,3,8-10H2,1-2H3,(H,17,19)(H3,15,16,18);1H. The van der Waals surface area contributed by atoms with Crippen LogP contribution in [0, 0.1) is 0 Å². The maximum absolute atomic E-state index is 11.6. The van der Waals surface area contributed by atoms with Crippen molar-refractivity contribution >= 4 is 35.8 Å². The van der Waals surface area contributed by atoms with E-state index in [4.69, 9.17) is 10.5 Å². The first-order valence-electron chi connectivity index (χ1n) is 6.59. The van der Waals surface area contributed by atoms with Crippen LogP contribution in [0.1, 0.15) is 18.9 Å². The van der Waals surface area contributed by atoms with Gasteiger partial charge in [0.25, 0.3) is 0 Å². The Balaban J connectivity index is 0.00000400. The molecule has 1 aromatic rings. The molecule has 1 aromatic carbocycles. The number of carbonyl (C=O) groups is 1. The van der Waals surface area contributed by atoms with Gasteiger partial charge in [-0.1, -0.05) is 19.1 Å². The Hall–Kier alpha value is -1.51. The number of nitrogens with two attached hydrogens (primary N) is 1. The summed E-state index contributed by atoms with van der Waals surface area (Å²) in [5.74, 6) is 0.924. The molecule has 4 N–H and O–H groups in total. The van der Waals surface area contributed by atoms with E-state index >= 15 is 0 Å². The minimum absolute atomic E-state index is 0. The van der Waals surface area contributed by atoms with E-state index in [2.05, 4.69) is 15.6 Å². The van der Waals surface area contributed by atoms with Crippen LogP contribution in [0.2, 0.25) is 0 Å². The molecule has 0 atom stereocenters. The number of hydrogen-bond acceptors (Lipinski definition) is 3. The number of halogens is 1. The number of hydrogen-bond donors (Lipinski definition) is 3. The summed E-state index contributed by atoms with van der Waals surface area (Å²) in [6, 6.07) is 7.51. The molecule has 0 unspecified atom stereocenters. The van der Waals surface area contributed by atoms with Crippen LogP contribution >= 0.6 is 24.0 Å². The molecule has 0 spiro atoms. The molecule has 0 aliphatic carbocycles. The zero-order valence-corrected chi connectivity index (χ0v) is 14.7. The van der Waals surface area contributed by atoms with Crippen LogP contribution in [0.15, 0.2) is 29.3 Å². The van der Waals surface area contributed by atoms with Gasteiger partial charge in [-0.2, -0.15) is 0 Å². The predicted octanol–water partition coefficient (Wildman–Crippen LogP) is 1.24. The zero-order chi connectivity index (χ0) is 14.8. The molecule has 118 valence electrons. The van der Waals surface area contributed by atoms with Crippen LogP contribution in [0.5, 0.6) is 5.75 Å². The van der Waals surface area contributed by atoms with Gasteiger partial charge in [0.15, 0.2) is 5.96 Å². The number of benzene rings is 1. The van der Waals surface area contributed by atoms with Crippen molar-refractivity contribution in [3.63, 3.8) is 0 Å². The second-order valence-electron chi connectivity index (χ2n) is 4.25. The molecule has 0 fully saturated rings. The molecule has 1 rings (SSSR count). The van der Waals surface area contributed by atoms with Gasteiger partial charge in [0, 0.05) is 13.1 Å².